The van der Waals surface area contributed by atoms with Gasteiger partial charge in [0.15, 0.2) is 0 Å². The zero-order chi connectivity index (χ0) is 24.3. The SMILES string of the molecule is CC(c1cc(F)cc(F)c1)N(C)C(=O)[CH]1CCC[CH2][In]1[N]1CCN(C(=O)OC(C)(C)C)CC1. The molecule has 2 saturated heterocycles. The van der Waals surface area contributed by atoms with Crippen molar-refractivity contribution in [2.24, 2.45) is 0 Å². The molecule has 182 valence electrons. The molecule has 0 N–H and O–H groups in total. The Kier molecular flexibility index (Phi) is 8.70. The number of hydrogen-bond acceptors (Lipinski definition) is 4. The van der Waals surface area contributed by atoms with Gasteiger partial charge in [-0.3, -0.25) is 0 Å². The Morgan fingerprint density at radius 3 is 2.27 bits per heavy atom. The third kappa shape index (κ3) is 6.84. The summed E-state index contributed by atoms with van der Waals surface area (Å²) < 4.78 is 36.6. The molecule has 2 amide bonds. The molecule has 1 aromatic carbocycles. The molecule has 2 fully saturated rings. The predicted octanol–water partition coefficient (Wildman–Crippen LogP) is 4.58. The van der Waals surface area contributed by atoms with Gasteiger partial charge in [-0.1, -0.05) is 0 Å². The molecule has 2 aliphatic rings. The van der Waals surface area contributed by atoms with Crippen LogP contribution in [0.25, 0.3) is 0 Å². The van der Waals surface area contributed by atoms with Crippen LogP contribution in [0.15, 0.2) is 18.2 Å². The third-order valence-corrected chi connectivity index (χ3v) is 18.2. The van der Waals surface area contributed by atoms with E-state index in [-0.39, 0.29) is 15.7 Å². The second kappa shape index (κ2) is 10.9. The van der Waals surface area contributed by atoms with Gasteiger partial charge in [-0.15, -0.1) is 0 Å². The molecule has 2 atom stereocenters. The average molecular weight is 567 g/mol. The Labute approximate surface area is 204 Å². The van der Waals surface area contributed by atoms with E-state index in [1.54, 1.807) is 16.8 Å². The van der Waals surface area contributed by atoms with E-state index in [2.05, 4.69) is 2.89 Å². The number of hydrogen-bond donors (Lipinski definition) is 0. The van der Waals surface area contributed by atoms with Crippen molar-refractivity contribution in [2.75, 3.05) is 33.2 Å². The Balaban J connectivity index is 1.65. The zero-order valence-electron chi connectivity index (χ0n) is 20.4. The van der Waals surface area contributed by atoms with Crippen LogP contribution in [-0.2, 0) is 9.53 Å². The van der Waals surface area contributed by atoms with E-state index in [1.165, 1.54) is 12.1 Å². The van der Waals surface area contributed by atoms with Crippen LogP contribution >= 0.6 is 0 Å². The van der Waals surface area contributed by atoms with Gasteiger partial charge in [0.2, 0.25) is 0 Å². The fourth-order valence-corrected chi connectivity index (χ4v) is 16.5. The summed E-state index contributed by atoms with van der Waals surface area (Å²) >= 11 is -2.44. The van der Waals surface area contributed by atoms with Gasteiger partial charge < -0.3 is 0 Å². The minimum atomic E-state index is -2.44. The van der Waals surface area contributed by atoms with Crippen molar-refractivity contribution in [3.63, 3.8) is 0 Å². The molecule has 0 spiro atoms. The monoisotopic (exact) mass is 567 g/mol. The first-order valence-corrected chi connectivity index (χ1v) is 17.6. The molecule has 0 aliphatic carbocycles. The maximum absolute atomic E-state index is 13.7. The zero-order valence-corrected chi connectivity index (χ0v) is 23.7. The molecule has 0 radical (unpaired) electrons. The summed E-state index contributed by atoms with van der Waals surface area (Å²) in [6.45, 7) is 10.2. The van der Waals surface area contributed by atoms with Crippen LogP contribution in [0.3, 0.4) is 0 Å². The van der Waals surface area contributed by atoms with Crippen LogP contribution in [0.2, 0.25) is 7.85 Å². The minimum absolute atomic E-state index is 0.0412. The van der Waals surface area contributed by atoms with Crippen LogP contribution in [0.1, 0.15) is 58.6 Å². The normalized spacial score (nSPS) is 21.0. The summed E-state index contributed by atoms with van der Waals surface area (Å²) in [5.41, 5.74) is -0.0444. The topological polar surface area (TPSA) is 53.1 Å². The van der Waals surface area contributed by atoms with E-state index in [0.717, 1.165) is 42.6 Å². The van der Waals surface area contributed by atoms with E-state index in [1.807, 2.05) is 27.7 Å². The van der Waals surface area contributed by atoms with Crippen molar-refractivity contribution < 1.29 is 23.1 Å². The van der Waals surface area contributed by atoms with Gasteiger partial charge in [0.25, 0.3) is 0 Å². The molecule has 9 heteroatoms. The van der Waals surface area contributed by atoms with Crippen molar-refractivity contribution >= 4 is 33.7 Å². The molecule has 0 saturated carbocycles. The molecule has 33 heavy (non-hydrogen) atoms. The van der Waals surface area contributed by atoms with E-state index in [9.17, 15) is 18.4 Å². The number of benzene rings is 1. The maximum atomic E-state index is 13.7. The number of carbonyl (C=O) groups is 2. The number of nitrogens with zero attached hydrogens (tertiary/aromatic N) is 3. The van der Waals surface area contributed by atoms with Crippen molar-refractivity contribution in [1.29, 1.82) is 0 Å². The van der Waals surface area contributed by atoms with Crippen LogP contribution in [0.4, 0.5) is 13.6 Å². The molecular weight excluding hydrogens is 531 g/mol. The van der Waals surface area contributed by atoms with Crippen LogP contribution in [-0.4, -0.2) is 85.2 Å². The summed E-state index contributed by atoms with van der Waals surface area (Å²) in [7, 11) is 1.74. The fraction of sp³-hybridized carbons (Fsp3) is 0.667. The van der Waals surface area contributed by atoms with Crippen molar-refractivity contribution in [1.82, 2.24) is 12.7 Å². The number of amides is 2. The molecule has 0 aromatic heterocycles. The van der Waals surface area contributed by atoms with Gasteiger partial charge in [0.05, 0.1) is 0 Å². The molecule has 0 bridgehead atoms. The molecule has 2 heterocycles. The van der Waals surface area contributed by atoms with E-state index >= 15 is 0 Å². The van der Waals surface area contributed by atoms with Gasteiger partial charge in [-0.05, 0) is 0 Å². The second-order valence-electron chi connectivity index (χ2n) is 10.3. The number of halogens is 2. The van der Waals surface area contributed by atoms with Gasteiger partial charge in [-0.2, -0.15) is 0 Å². The van der Waals surface area contributed by atoms with Gasteiger partial charge in [-0.25, -0.2) is 0 Å². The molecule has 1 aromatic rings. The second-order valence-corrected chi connectivity index (χ2v) is 19.6. The Morgan fingerprint density at radius 2 is 1.70 bits per heavy atom. The van der Waals surface area contributed by atoms with Crippen LogP contribution in [0, 0.1) is 11.6 Å². The molecule has 2 aliphatic heterocycles. The first-order chi connectivity index (χ1) is 15.5. The van der Waals surface area contributed by atoms with Crippen molar-refractivity contribution in [2.45, 2.75) is 66.5 Å². The van der Waals surface area contributed by atoms with Crippen LogP contribution < -0.4 is 0 Å². The van der Waals surface area contributed by atoms with E-state index in [4.69, 9.17) is 4.74 Å². The Hall–Kier alpha value is -1.35. The average Bonchev–Trinajstić information content (AvgIpc) is 2.76. The van der Waals surface area contributed by atoms with Gasteiger partial charge >= 0.3 is 205 Å². The summed E-state index contributed by atoms with van der Waals surface area (Å²) in [4.78, 5) is 29.4. The number of rotatable bonds is 4. The quantitative estimate of drug-likeness (QED) is 0.535. The Morgan fingerprint density at radius 1 is 1.09 bits per heavy atom. The van der Waals surface area contributed by atoms with Gasteiger partial charge in [0.1, 0.15) is 0 Å². The van der Waals surface area contributed by atoms with Crippen LogP contribution in [0.5, 0.6) is 0 Å². The Bertz CT molecular complexity index is 836. The summed E-state index contributed by atoms with van der Waals surface area (Å²) in [5, 5.41) is 0. The van der Waals surface area contributed by atoms with Crippen molar-refractivity contribution in [3.05, 3.63) is 35.4 Å². The number of ether oxygens (including phenoxy) is 1. The summed E-state index contributed by atoms with van der Waals surface area (Å²) in [5.74, 6) is -1.16. The number of carbonyl (C=O) groups excluding carboxylic acids is 2. The summed E-state index contributed by atoms with van der Waals surface area (Å²) in [6.07, 6.45) is 2.81. The summed E-state index contributed by atoms with van der Waals surface area (Å²) in [6, 6.07) is 3.05. The fourth-order valence-electron chi connectivity index (χ4n) is 4.89. The van der Waals surface area contributed by atoms with Crippen molar-refractivity contribution in [3.8, 4) is 0 Å². The molecule has 6 nitrogen and oxygen atoms in total. The van der Waals surface area contributed by atoms with Gasteiger partial charge in [0, 0.05) is 0 Å². The van der Waals surface area contributed by atoms with E-state index < -0.39 is 45.0 Å². The first-order valence-electron chi connectivity index (χ1n) is 11.9. The standard InChI is InChI=1S/C15H19F2NO.C9H17N2O2.In/c1-4-5-6-7-15(19)18(3)11(2)12-8-13(16)10-14(17)9-12;1-9(2,3)13-8(12)11-6-4-10-5-7-11;/h7-11H,1,4-6H2,2-3H3;4-7H2,1-3H3;/q;-1;+1. The first kappa shape index (κ1) is 26.3. The van der Waals surface area contributed by atoms with E-state index in [0.29, 0.717) is 18.7 Å². The molecule has 2 unspecified atom stereocenters. The molecule has 3 rings (SSSR count). The number of piperazine rings is 1. The predicted molar refractivity (Wildman–Crippen MR) is 125 cm³/mol. The third-order valence-electron chi connectivity index (χ3n) is 6.78. The molecular formula is C24H36F2InN3O3.